The van der Waals surface area contributed by atoms with Crippen LogP contribution in [0.5, 0.6) is 0 Å². The minimum Gasteiger partial charge on any atom is -0.481 e. The lowest BCUT2D eigenvalue weighted by Crippen LogP contribution is -2.09. The maximum absolute atomic E-state index is 11.5. The van der Waals surface area contributed by atoms with E-state index in [9.17, 15) is 9.59 Å². The molecule has 0 amide bonds. The molecule has 1 aliphatic rings. The van der Waals surface area contributed by atoms with Gasteiger partial charge >= 0.3 is 5.97 Å². The van der Waals surface area contributed by atoms with Crippen molar-refractivity contribution in [3.05, 3.63) is 29.6 Å². The van der Waals surface area contributed by atoms with Gasteiger partial charge in [-0.3, -0.25) is 14.6 Å². The number of aryl methyl sites for hydroxylation is 1. The Balaban J connectivity index is 1.98. The Morgan fingerprint density at radius 2 is 2.25 bits per heavy atom. The Morgan fingerprint density at radius 1 is 1.50 bits per heavy atom. The standard InChI is InChI=1S/C12H13NO3/c1-7-2-3-10(13-6-7)8-4-9(8)11(14)5-12(15)16/h2-3,6,8-9H,4-5H2,1H3,(H,15,16). The molecule has 2 atom stereocenters. The lowest BCUT2D eigenvalue weighted by atomic mass is 10.1. The number of aliphatic carboxylic acids is 1. The fraction of sp³-hybridized carbons (Fsp3) is 0.417. The number of hydrogen-bond acceptors (Lipinski definition) is 3. The van der Waals surface area contributed by atoms with Gasteiger partial charge in [0.15, 0.2) is 0 Å². The quantitative estimate of drug-likeness (QED) is 0.780. The van der Waals surface area contributed by atoms with Crippen molar-refractivity contribution in [2.24, 2.45) is 5.92 Å². The largest absolute Gasteiger partial charge is 0.481 e. The number of aromatic nitrogens is 1. The zero-order valence-corrected chi connectivity index (χ0v) is 9.01. The number of Topliss-reactive ketones (excluding diaryl/α,β-unsaturated/α-hetero) is 1. The van der Waals surface area contributed by atoms with Crippen molar-refractivity contribution in [2.45, 2.75) is 25.7 Å². The van der Waals surface area contributed by atoms with Gasteiger partial charge in [0.2, 0.25) is 0 Å². The van der Waals surface area contributed by atoms with Gasteiger partial charge in [-0.15, -0.1) is 0 Å². The number of nitrogens with zero attached hydrogens (tertiary/aromatic N) is 1. The van der Waals surface area contributed by atoms with Crippen molar-refractivity contribution in [3.8, 4) is 0 Å². The van der Waals surface area contributed by atoms with Crippen molar-refractivity contribution in [2.75, 3.05) is 0 Å². The molecule has 4 nitrogen and oxygen atoms in total. The lowest BCUT2D eigenvalue weighted by molar-refractivity contribution is -0.140. The van der Waals surface area contributed by atoms with Crippen LogP contribution in [-0.2, 0) is 9.59 Å². The highest BCUT2D eigenvalue weighted by Gasteiger charge is 2.44. The number of hydrogen-bond donors (Lipinski definition) is 1. The Hall–Kier alpha value is -1.71. The van der Waals surface area contributed by atoms with E-state index in [1.165, 1.54) is 0 Å². The van der Waals surface area contributed by atoms with Gasteiger partial charge in [-0.2, -0.15) is 0 Å². The topological polar surface area (TPSA) is 67.3 Å². The molecule has 0 saturated heterocycles. The maximum atomic E-state index is 11.5. The average molecular weight is 219 g/mol. The van der Waals surface area contributed by atoms with Crippen LogP contribution in [0, 0.1) is 12.8 Å². The summed E-state index contributed by atoms with van der Waals surface area (Å²) in [5.74, 6) is -1.23. The SMILES string of the molecule is Cc1ccc(C2CC2C(=O)CC(=O)O)nc1. The summed E-state index contributed by atoms with van der Waals surface area (Å²) in [5, 5.41) is 8.52. The van der Waals surface area contributed by atoms with E-state index < -0.39 is 5.97 Å². The first-order valence-electron chi connectivity index (χ1n) is 5.25. The van der Waals surface area contributed by atoms with Crippen molar-refractivity contribution < 1.29 is 14.7 Å². The van der Waals surface area contributed by atoms with Gasteiger partial charge in [-0.05, 0) is 25.0 Å². The molecule has 84 valence electrons. The summed E-state index contributed by atoms with van der Waals surface area (Å²) in [6.07, 6.45) is 2.14. The van der Waals surface area contributed by atoms with Crippen molar-refractivity contribution in [1.29, 1.82) is 0 Å². The lowest BCUT2D eigenvalue weighted by Gasteiger charge is -1.99. The van der Waals surface area contributed by atoms with Gasteiger partial charge in [0, 0.05) is 23.7 Å². The highest BCUT2D eigenvalue weighted by Crippen LogP contribution is 2.47. The Kier molecular flexibility index (Phi) is 2.73. The highest BCUT2D eigenvalue weighted by molar-refractivity contribution is 5.97. The summed E-state index contributed by atoms with van der Waals surface area (Å²) in [6, 6.07) is 3.87. The van der Waals surface area contributed by atoms with E-state index in [1.807, 2.05) is 19.1 Å². The molecule has 2 unspecified atom stereocenters. The molecule has 0 spiro atoms. The molecule has 1 saturated carbocycles. The second-order valence-electron chi connectivity index (χ2n) is 4.25. The number of carbonyl (C=O) groups is 2. The van der Waals surface area contributed by atoms with E-state index in [2.05, 4.69) is 4.98 Å². The van der Waals surface area contributed by atoms with Crippen molar-refractivity contribution in [1.82, 2.24) is 4.98 Å². The number of pyridine rings is 1. The monoisotopic (exact) mass is 219 g/mol. The Labute approximate surface area is 93.3 Å². The van der Waals surface area contributed by atoms with Crippen LogP contribution in [0.25, 0.3) is 0 Å². The van der Waals surface area contributed by atoms with E-state index >= 15 is 0 Å². The zero-order valence-electron chi connectivity index (χ0n) is 9.01. The summed E-state index contributed by atoms with van der Waals surface area (Å²) in [7, 11) is 0. The van der Waals surface area contributed by atoms with Gasteiger partial charge in [-0.25, -0.2) is 0 Å². The Morgan fingerprint density at radius 3 is 2.81 bits per heavy atom. The molecular formula is C12H13NO3. The zero-order chi connectivity index (χ0) is 11.7. The van der Waals surface area contributed by atoms with Crippen molar-refractivity contribution in [3.63, 3.8) is 0 Å². The summed E-state index contributed by atoms with van der Waals surface area (Å²) in [5.41, 5.74) is 1.98. The van der Waals surface area contributed by atoms with E-state index in [0.717, 1.165) is 17.7 Å². The minimum absolute atomic E-state index is 0.132. The van der Waals surface area contributed by atoms with Gasteiger partial charge in [0.1, 0.15) is 12.2 Å². The molecule has 0 aliphatic heterocycles. The number of carbonyl (C=O) groups excluding carboxylic acids is 1. The van der Waals surface area contributed by atoms with Gasteiger partial charge in [-0.1, -0.05) is 6.07 Å². The molecule has 16 heavy (non-hydrogen) atoms. The first kappa shape index (κ1) is 10.8. The molecular weight excluding hydrogens is 206 g/mol. The molecule has 0 radical (unpaired) electrons. The summed E-state index contributed by atoms with van der Waals surface area (Å²) in [4.78, 5) is 26.1. The second-order valence-corrected chi connectivity index (χ2v) is 4.25. The molecule has 1 N–H and O–H groups in total. The number of ketones is 1. The molecule has 0 aromatic carbocycles. The van der Waals surface area contributed by atoms with Crippen LogP contribution in [0.4, 0.5) is 0 Å². The summed E-state index contributed by atoms with van der Waals surface area (Å²) in [6.45, 7) is 1.96. The van der Waals surface area contributed by atoms with E-state index in [0.29, 0.717) is 0 Å². The average Bonchev–Trinajstić information content (AvgIpc) is 2.97. The van der Waals surface area contributed by atoms with Gasteiger partial charge < -0.3 is 5.11 Å². The first-order valence-corrected chi connectivity index (χ1v) is 5.25. The fourth-order valence-corrected chi connectivity index (χ4v) is 1.86. The third-order valence-corrected chi connectivity index (χ3v) is 2.84. The predicted molar refractivity (Wildman–Crippen MR) is 57.1 cm³/mol. The molecule has 2 rings (SSSR count). The third-order valence-electron chi connectivity index (χ3n) is 2.84. The number of carboxylic acids is 1. The Bertz CT molecular complexity index is 424. The fourth-order valence-electron chi connectivity index (χ4n) is 1.86. The van der Waals surface area contributed by atoms with Gasteiger partial charge in [0.05, 0.1) is 0 Å². The normalized spacial score (nSPS) is 22.8. The highest BCUT2D eigenvalue weighted by atomic mass is 16.4. The molecule has 1 aliphatic carbocycles. The summed E-state index contributed by atoms with van der Waals surface area (Å²) < 4.78 is 0. The molecule has 1 aromatic heterocycles. The molecule has 1 aromatic rings. The maximum Gasteiger partial charge on any atom is 0.310 e. The van der Waals surface area contributed by atoms with Crippen LogP contribution in [0.15, 0.2) is 18.3 Å². The van der Waals surface area contributed by atoms with E-state index in [4.69, 9.17) is 5.11 Å². The van der Waals surface area contributed by atoms with Crippen LogP contribution < -0.4 is 0 Å². The predicted octanol–water partition coefficient (Wildman–Crippen LogP) is 1.54. The van der Waals surface area contributed by atoms with Crippen LogP contribution in [0.3, 0.4) is 0 Å². The molecule has 4 heteroatoms. The van der Waals surface area contributed by atoms with Crippen molar-refractivity contribution >= 4 is 11.8 Å². The first-order chi connectivity index (χ1) is 7.58. The smallest absolute Gasteiger partial charge is 0.310 e. The van der Waals surface area contributed by atoms with E-state index in [-0.39, 0.29) is 24.0 Å². The molecule has 0 bridgehead atoms. The molecule has 1 fully saturated rings. The molecule has 1 heterocycles. The van der Waals surface area contributed by atoms with Crippen LogP contribution in [0.2, 0.25) is 0 Å². The second kappa shape index (κ2) is 4.04. The minimum atomic E-state index is -1.05. The van der Waals surface area contributed by atoms with E-state index in [1.54, 1.807) is 6.20 Å². The van der Waals surface area contributed by atoms with Crippen LogP contribution >= 0.6 is 0 Å². The number of rotatable bonds is 4. The van der Waals surface area contributed by atoms with Crippen LogP contribution in [-0.4, -0.2) is 21.8 Å². The number of carboxylic acid groups (broad SMARTS) is 1. The summed E-state index contributed by atoms with van der Waals surface area (Å²) >= 11 is 0. The third kappa shape index (κ3) is 2.27. The van der Waals surface area contributed by atoms with Crippen LogP contribution in [0.1, 0.15) is 30.0 Å². The van der Waals surface area contributed by atoms with Gasteiger partial charge in [0.25, 0.3) is 0 Å².